The van der Waals surface area contributed by atoms with Gasteiger partial charge in [0.1, 0.15) is 5.75 Å². The predicted octanol–water partition coefficient (Wildman–Crippen LogP) is 3.65. The van der Waals surface area contributed by atoms with E-state index < -0.39 is 0 Å². The van der Waals surface area contributed by atoms with Crippen molar-refractivity contribution in [2.75, 3.05) is 18.6 Å². The maximum absolute atomic E-state index is 5.20. The van der Waals surface area contributed by atoms with Crippen LogP contribution in [0.3, 0.4) is 0 Å². The fourth-order valence-electron chi connectivity index (χ4n) is 2.73. The summed E-state index contributed by atoms with van der Waals surface area (Å²) in [6.45, 7) is 2.12. The van der Waals surface area contributed by atoms with Crippen molar-refractivity contribution < 1.29 is 4.74 Å². The van der Waals surface area contributed by atoms with E-state index in [0.29, 0.717) is 0 Å². The average molecular weight is 253 g/mol. The third-order valence-electron chi connectivity index (χ3n) is 3.74. The fourth-order valence-corrected chi connectivity index (χ4v) is 2.73. The van der Waals surface area contributed by atoms with Gasteiger partial charge in [0.05, 0.1) is 7.11 Å². The number of aryl methyl sites for hydroxylation is 1. The van der Waals surface area contributed by atoms with Gasteiger partial charge in [0.25, 0.3) is 0 Å². The first-order valence-electron chi connectivity index (χ1n) is 6.82. The Hall–Kier alpha value is -1.96. The van der Waals surface area contributed by atoms with Gasteiger partial charge >= 0.3 is 0 Å². The summed E-state index contributed by atoms with van der Waals surface area (Å²) in [6.07, 6.45) is 2.45. The Kier molecular flexibility index (Phi) is 3.41. The Morgan fingerprint density at radius 2 is 1.84 bits per heavy atom. The van der Waals surface area contributed by atoms with Gasteiger partial charge in [0.2, 0.25) is 0 Å². The topological polar surface area (TPSA) is 12.5 Å². The Morgan fingerprint density at radius 1 is 1.05 bits per heavy atom. The normalized spacial score (nSPS) is 14.1. The first kappa shape index (κ1) is 12.1. The van der Waals surface area contributed by atoms with Crippen LogP contribution >= 0.6 is 0 Å². The molecule has 2 heteroatoms. The highest BCUT2D eigenvalue weighted by Crippen LogP contribution is 2.28. The molecule has 0 fully saturated rings. The summed E-state index contributed by atoms with van der Waals surface area (Å²) in [7, 11) is 1.70. The number of ether oxygens (including phenoxy) is 1. The average Bonchev–Trinajstić information content (AvgIpc) is 2.48. The molecule has 0 aliphatic carbocycles. The maximum atomic E-state index is 5.20. The lowest BCUT2D eigenvalue weighted by Crippen LogP contribution is -2.28. The lowest BCUT2D eigenvalue weighted by molar-refractivity contribution is 0.414. The van der Waals surface area contributed by atoms with Gasteiger partial charge in [-0.05, 0) is 42.2 Å². The van der Waals surface area contributed by atoms with Crippen molar-refractivity contribution in [3.63, 3.8) is 0 Å². The first-order valence-corrected chi connectivity index (χ1v) is 6.82. The van der Waals surface area contributed by atoms with Gasteiger partial charge in [-0.1, -0.05) is 30.3 Å². The summed E-state index contributed by atoms with van der Waals surface area (Å²) in [5.41, 5.74) is 4.20. The van der Waals surface area contributed by atoms with Gasteiger partial charge in [-0.2, -0.15) is 0 Å². The monoisotopic (exact) mass is 253 g/mol. The number of hydrogen-bond donors (Lipinski definition) is 0. The van der Waals surface area contributed by atoms with Crippen LogP contribution in [0.2, 0.25) is 0 Å². The zero-order chi connectivity index (χ0) is 13.1. The van der Waals surface area contributed by atoms with Crippen molar-refractivity contribution in [2.45, 2.75) is 19.4 Å². The minimum atomic E-state index is 0.919. The summed E-state index contributed by atoms with van der Waals surface area (Å²) >= 11 is 0. The molecule has 1 aliphatic rings. The molecule has 3 rings (SSSR count). The van der Waals surface area contributed by atoms with E-state index >= 15 is 0 Å². The minimum Gasteiger partial charge on any atom is -0.497 e. The molecular formula is C17H19NO. The van der Waals surface area contributed by atoms with E-state index in [0.717, 1.165) is 18.8 Å². The fraction of sp³-hybridized carbons (Fsp3) is 0.294. The Morgan fingerprint density at radius 3 is 2.63 bits per heavy atom. The Labute approximate surface area is 114 Å². The maximum Gasteiger partial charge on any atom is 0.118 e. The molecule has 0 spiro atoms. The molecule has 0 N–H and O–H groups in total. The van der Waals surface area contributed by atoms with Crippen molar-refractivity contribution in [1.29, 1.82) is 0 Å². The molecule has 2 aromatic rings. The second kappa shape index (κ2) is 5.35. The molecule has 0 bridgehead atoms. The Balaban J connectivity index is 1.80. The number of nitrogens with zero attached hydrogens (tertiary/aromatic N) is 1. The molecule has 0 radical (unpaired) electrons. The lowest BCUT2D eigenvalue weighted by Gasteiger charge is -2.31. The molecular weight excluding hydrogens is 234 g/mol. The van der Waals surface area contributed by atoms with Crippen LogP contribution < -0.4 is 9.64 Å². The van der Waals surface area contributed by atoms with Crippen molar-refractivity contribution in [1.82, 2.24) is 0 Å². The van der Waals surface area contributed by atoms with Crippen LogP contribution in [0.15, 0.2) is 48.5 Å². The Bertz CT molecular complexity index is 547. The molecule has 1 heterocycles. The van der Waals surface area contributed by atoms with Gasteiger partial charge in [-0.25, -0.2) is 0 Å². The van der Waals surface area contributed by atoms with E-state index in [4.69, 9.17) is 4.74 Å². The van der Waals surface area contributed by atoms with Gasteiger partial charge in [0.15, 0.2) is 0 Å². The molecule has 2 aromatic carbocycles. The molecule has 1 aliphatic heterocycles. The quantitative estimate of drug-likeness (QED) is 0.828. The summed E-state index contributed by atoms with van der Waals surface area (Å²) in [6, 6.07) is 17.1. The third-order valence-corrected chi connectivity index (χ3v) is 3.74. The highest BCUT2D eigenvalue weighted by atomic mass is 16.5. The number of para-hydroxylation sites is 1. The molecule has 0 saturated carbocycles. The van der Waals surface area contributed by atoms with Crippen molar-refractivity contribution in [2.24, 2.45) is 0 Å². The van der Waals surface area contributed by atoms with Gasteiger partial charge in [-0.15, -0.1) is 0 Å². The minimum absolute atomic E-state index is 0.919. The molecule has 98 valence electrons. The highest BCUT2D eigenvalue weighted by Gasteiger charge is 2.15. The van der Waals surface area contributed by atoms with E-state index in [2.05, 4.69) is 41.3 Å². The van der Waals surface area contributed by atoms with Crippen molar-refractivity contribution in [3.05, 3.63) is 59.7 Å². The van der Waals surface area contributed by atoms with Crippen LogP contribution in [0, 0.1) is 0 Å². The lowest BCUT2D eigenvalue weighted by atomic mass is 10.0. The SMILES string of the molecule is COc1ccc(CN2CCCc3ccccc32)cc1. The molecule has 19 heavy (non-hydrogen) atoms. The largest absolute Gasteiger partial charge is 0.497 e. The molecule has 0 atom stereocenters. The smallest absolute Gasteiger partial charge is 0.118 e. The summed E-state index contributed by atoms with van der Waals surface area (Å²) in [4.78, 5) is 2.47. The number of benzene rings is 2. The van der Waals surface area contributed by atoms with Gasteiger partial charge in [-0.3, -0.25) is 0 Å². The van der Waals surface area contributed by atoms with Crippen molar-refractivity contribution >= 4 is 5.69 Å². The van der Waals surface area contributed by atoms with Crippen LogP contribution in [0.25, 0.3) is 0 Å². The summed E-state index contributed by atoms with van der Waals surface area (Å²) < 4.78 is 5.20. The molecule has 2 nitrogen and oxygen atoms in total. The number of fused-ring (bicyclic) bond motifs is 1. The van der Waals surface area contributed by atoms with E-state index in [-0.39, 0.29) is 0 Å². The molecule has 0 saturated heterocycles. The second-order valence-electron chi connectivity index (χ2n) is 5.00. The zero-order valence-electron chi connectivity index (χ0n) is 11.3. The second-order valence-corrected chi connectivity index (χ2v) is 5.00. The van der Waals surface area contributed by atoms with Crippen molar-refractivity contribution in [3.8, 4) is 5.75 Å². The number of methoxy groups -OCH3 is 1. The predicted molar refractivity (Wildman–Crippen MR) is 78.8 cm³/mol. The highest BCUT2D eigenvalue weighted by molar-refractivity contribution is 5.55. The number of rotatable bonds is 3. The van der Waals surface area contributed by atoms with E-state index in [1.807, 2.05) is 12.1 Å². The number of hydrogen-bond acceptors (Lipinski definition) is 2. The van der Waals surface area contributed by atoms with E-state index in [9.17, 15) is 0 Å². The molecule has 0 aromatic heterocycles. The molecule has 0 unspecified atom stereocenters. The van der Waals surface area contributed by atoms with E-state index in [1.165, 1.54) is 29.7 Å². The van der Waals surface area contributed by atoms with Crippen LogP contribution in [-0.2, 0) is 13.0 Å². The van der Waals surface area contributed by atoms with Crippen LogP contribution in [0.1, 0.15) is 17.5 Å². The zero-order valence-corrected chi connectivity index (χ0v) is 11.3. The number of anilines is 1. The summed E-state index contributed by atoms with van der Waals surface area (Å²) in [5.74, 6) is 0.919. The van der Waals surface area contributed by atoms with Crippen LogP contribution in [-0.4, -0.2) is 13.7 Å². The summed E-state index contributed by atoms with van der Waals surface area (Å²) in [5, 5.41) is 0. The van der Waals surface area contributed by atoms with Gasteiger partial charge in [0, 0.05) is 18.8 Å². The van der Waals surface area contributed by atoms with Gasteiger partial charge < -0.3 is 9.64 Å². The first-order chi connectivity index (χ1) is 9.36. The van der Waals surface area contributed by atoms with Crippen LogP contribution in [0.5, 0.6) is 5.75 Å². The third kappa shape index (κ3) is 2.58. The van der Waals surface area contributed by atoms with Crippen LogP contribution in [0.4, 0.5) is 5.69 Å². The molecule has 0 amide bonds. The van der Waals surface area contributed by atoms with E-state index in [1.54, 1.807) is 7.11 Å². The standard InChI is InChI=1S/C17H19NO/c1-19-16-10-8-14(9-11-16)13-18-12-4-6-15-5-2-3-7-17(15)18/h2-3,5,7-11H,4,6,12-13H2,1H3.